The van der Waals surface area contributed by atoms with E-state index >= 15 is 0 Å². The number of hydrogen-bond donors (Lipinski definition) is 0. The Morgan fingerprint density at radius 3 is 0.908 bits per heavy atom. The van der Waals surface area contributed by atoms with E-state index in [2.05, 4.69) is 132 Å². The summed E-state index contributed by atoms with van der Waals surface area (Å²) < 4.78 is 0. The minimum atomic E-state index is 0.500. The summed E-state index contributed by atoms with van der Waals surface area (Å²) in [7, 11) is 0. The molecule has 634 valence electrons. The molecule has 14 bridgehead atoms. The molecule has 4 unspecified atom stereocenters. The second-order valence-corrected chi connectivity index (χ2v) is 51.2. The van der Waals surface area contributed by atoms with E-state index in [0.717, 1.165) is 157 Å². The third kappa shape index (κ3) is 25.5. The van der Waals surface area contributed by atoms with Crippen molar-refractivity contribution < 1.29 is 0 Å². The Morgan fingerprint density at radius 1 is 0.275 bits per heavy atom. The molecule has 0 radical (unpaired) electrons. The Hall–Kier alpha value is 0. The average molecular weight is 1510 g/mol. The molecule has 25 rings (SSSR count). The van der Waals surface area contributed by atoms with Gasteiger partial charge in [-0.2, -0.15) is 0 Å². The lowest BCUT2D eigenvalue weighted by Gasteiger charge is -2.56. The van der Waals surface area contributed by atoms with Crippen molar-refractivity contribution >= 4 is 0 Å². The molecule has 25 aliphatic carbocycles. The topological polar surface area (TPSA) is 0 Å². The molecule has 0 heteroatoms. The van der Waals surface area contributed by atoms with E-state index in [1.165, 1.54) is 231 Å². The maximum atomic E-state index is 2.54. The Morgan fingerprint density at radius 2 is 0.596 bits per heavy atom. The molecule has 109 heavy (non-hydrogen) atoms. The summed E-state index contributed by atoms with van der Waals surface area (Å²) in [6.45, 7) is 45.6. The van der Waals surface area contributed by atoms with Gasteiger partial charge in [-0.15, -0.1) is 0 Å². The highest BCUT2D eigenvalue weighted by Crippen LogP contribution is 2.63. The highest BCUT2D eigenvalue weighted by Gasteiger charge is 2.52. The predicted octanol–water partition coefficient (Wildman–Crippen LogP) is 35.7. The lowest BCUT2D eigenvalue weighted by molar-refractivity contribution is -0.0545. The van der Waals surface area contributed by atoms with Crippen molar-refractivity contribution in [3.8, 4) is 0 Å². The molecule has 0 aliphatic heterocycles. The maximum Gasteiger partial charge on any atom is -0.0292 e. The molecule has 25 saturated carbocycles. The second-order valence-electron chi connectivity index (χ2n) is 51.2. The van der Waals surface area contributed by atoms with Gasteiger partial charge in [-0.1, -0.05) is 254 Å². The van der Waals surface area contributed by atoms with E-state index < -0.39 is 0 Å². The predicted molar refractivity (Wildman–Crippen MR) is 480 cm³/mol. The van der Waals surface area contributed by atoms with Crippen molar-refractivity contribution in [2.75, 3.05) is 0 Å². The summed E-state index contributed by atoms with van der Waals surface area (Å²) in [6.07, 6.45) is 92.3. The summed E-state index contributed by atoms with van der Waals surface area (Å²) >= 11 is 0. The first kappa shape index (κ1) is 89.8. The van der Waals surface area contributed by atoms with E-state index in [-0.39, 0.29) is 0 Å². The van der Waals surface area contributed by atoms with Gasteiger partial charge in [0, 0.05) is 0 Å². The smallest absolute Gasteiger partial charge is 0.0292 e. The van der Waals surface area contributed by atoms with E-state index in [4.69, 9.17) is 0 Å². The van der Waals surface area contributed by atoms with Gasteiger partial charge in [0.15, 0.2) is 0 Å². The van der Waals surface area contributed by atoms with Crippen LogP contribution in [0, 0.1) is 173 Å². The highest BCUT2D eigenvalue weighted by atomic mass is 14.6. The van der Waals surface area contributed by atoms with Gasteiger partial charge in [0.05, 0.1) is 0 Å². The molecule has 0 aromatic carbocycles. The van der Waals surface area contributed by atoms with Gasteiger partial charge < -0.3 is 0 Å². The van der Waals surface area contributed by atoms with Crippen LogP contribution in [0.15, 0.2) is 0 Å². The molecular weight excluding hydrogens is 1310 g/mol. The maximum absolute atomic E-state index is 2.54. The molecule has 4 atom stereocenters. The summed E-state index contributed by atoms with van der Waals surface area (Å²) in [5.74, 6) is 22.7. The summed E-state index contributed by atoms with van der Waals surface area (Å²) in [5.41, 5.74) is 6.67. The Kier molecular flexibility index (Phi) is 32.5. The van der Waals surface area contributed by atoms with Gasteiger partial charge in [0.1, 0.15) is 0 Å². The highest BCUT2D eigenvalue weighted by molar-refractivity contribution is 5.03. The zero-order valence-electron chi connectivity index (χ0n) is 78.1. The second kappa shape index (κ2) is 39.5. The van der Waals surface area contributed by atoms with Crippen LogP contribution in [-0.4, -0.2) is 0 Å². The molecule has 0 aromatic rings. The summed E-state index contributed by atoms with van der Waals surface area (Å²) in [4.78, 5) is 0. The quantitative estimate of drug-likeness (QED) is 0.259. The van der Waals surface area contributed by atoms with Gasteiger partial charge in [0.25, 0.3) is 0 Å². The fourth-order valence-electron chi connectivity index (χ4n) is 31.4. The normalized spacial score (nSPS) is 42.6. The number of hydrogen-bond acceptors (Lipinski definition) is 0. The molecule has 25 fully saturated rings. The summed E-state index contributed by atoms with van der Waals surface area (Å²) in [5, 5.41) is 0. The van der Waals surface area contributed by atoms with Gasteiger partial charge in [0.2, 0.25) is 0 Å². The zero-order valence-corrected chi connectivity index (χ0v) is 78.1. The minimum absolute atomic E-state index is 0.500. The van der Waals surface area contributed by atoms with Gasteiger partial charge in [-0.05, 0) is 436 Å². The van der Waals surface area contributed by atoms with Crippen LogP contribution in [0.2, 0.25) is 0 Å². The number of rotatable bonds is 2. The van der Waals surface area contributed by atoms with E-state index in [1.54, 1.807) is 154 Å². The van der Waals surface area contributed by atoms with Crippen LogP contribution in [0.3, 0.4) is 0 Å². The van der Waals surface area contributed by atoms with Crippen LogP contribution in [0.25, 0.3) is 0 Å². The molecular formula is C109H198. The van der Waals surface area contributed by atoms with Crippen LogP contribution >= 0.6 is 0 Å². The Bertz CT molecular complexity index is 2420. The van der Waals surface area contributed by atoms with Crippen molar-refractivity contribution in [1.82, 2.24) is 0 Å². The Balaban J connectivity index is 0.000000121. The largest absolute Gasteiger partial charge is 0.0649 e. The van der Waals surface area contributed by atoms with Crippen LogP contribution in [-0.2, 0) is 0 Å². The van der Waals surface area contributed by atoms with Crippen molar-refractivity contribution in [2.24, 2.45) is 173 Å². The van der Waals surface area contributed by atoms with Crippen LogP contribution in [0.1, 0.15) is 517 Å². The third-order valence-electron chi connectivity index (χ3n) is 39.8. The first-order chi connectivity index (χ1) is 51.6. The number of fused-ring (bicyclic) bond motifs is 9. The fraction of sp³-hybridized carbons (Fsp3) is 1.00. The SMILES string of the molecule is CC(C)(C)C.CC12CC3CC(CC(C3)C1)C2.CC1C2CCC(CC2)C1(C)C.CC1C2CCC(CC2)C1C.CC1CC2CCC1(C)CC2.CC1CCC(C2CCCCC2)CC1.CC1CCC2(CC1)CCC(C)(C)CC2.CC1CCC2(CCCC2)CC1.CC1CCC2(CCCCC2)CC1.CCC12CC3CC(CC(C3)C1)C2. The fourth-order valence-corrected chi connectivity index (χ4v) is 31.4. The molecule has 0 aromatic heterocycles. The summed E-state index contributed by atoms with van der Waals surface area (Å²) in [6, 6.07) is 0. The first-order valence-electron chi connectivity index (χ1n) is 51.6. The molecule has 3 spiro atoms. The molecule has 0 heterocycles. The molecule has 0 nitrogen and oxygen atoms in total. The van der Waals surface area contributed by atoms with E-state index in [1.807, 2.05) is 0 Å². The Labute approximate surface area is 685 Å². The zero-order chi connectivity index (χ0) is 78.1. The monoisotopic (exact) mass is 1510 g/mol. The van der Waals surface area contributed by atoms with Crippen molar-refractivity contribution in [3.63, 3.8) is 0 Å². The van der Waals surface area contributed by atoms with Crippen molar-refractivity contribution in [3.05, 3.63) is 0 Å². The van der Waals surface area contributed by atoms with Gasteiger partial charge in [-0.3, -0.25) is 0 Å². The van der Waals surface area contributed by atoms with Crippen molar-refractivity contribution in [2.45, 2.75) is 517 Å². The molecule has 0 amide bonds. The molecule has 0 N–H and O–H groups in total. The average Bonchev–Trinajstić information content (AvgIpc) is 1.08. The van der Waals surface area contributed by atoms with Gasteiger partial charge >= 0.3 is 0 Å². The van der Waals surface area contributed by atoms with Crippen molar-refractivity contribution in [1.29, 1.82) is 0 Å². The van der Waals surface area contributed by atoms with Crippen LogP contribution in [0.5, 0.6) is 0 Å². The first-order valence-corrected chi connectivity index (χ1v) is 51.6. The van der Waals surface area contributed by atoms with E-state index in [0.29, 0.717) is 16.2 Å². The van der Waals surface area contributed by atoms with Crippen LogP contribution in [0.4, 0.5) is 0 Å². The standard InChI is InChI=1S/C14H26.C13H24.C12H20.C12H22.C11H18.2C11H20.2C10H18.C5H12/c1-12-4-6-14(7-5-12)10-8-13(2,3)9-11-14;1-11-7-9-13(10-8-11)12-5-3-2-4-6-12;1-2-12-6-9-3-10(7-12)5-11(4-9)8-12;1-11-5-9-12(10-6-11)7-3-2-4-8-12;1-11-5-8-2-9(6-11)4-10(3-8)7-11;1-8-9-4-6-10(7-5-9)11(8,2)3;1-10-4-8-11(9-5-10)6-2-3-7-11;1-8-7-9-3-5-10(8,2)6-4-9;1-7-8(2)10-5-3-9(7)4-6-10;1-5(2,3)4/h12H,4-11H2,1-3H3;11-13H,2-10H2,1H3;9-11H,2-8H2,1H3;11H,2-10H2,1H3;8-10H,2-7H2,1H3;8-10H,4-7H2,1-3H3;10H,2-9H2,1H3;8-9H,3-7H2,1-2H3;7-10H,3-6H2,1-2H3;1-4H3. The van der Waals surface area contributed by atoms with Crippen LogP contribution < -0.4 is 0 Å². The molecule has 0 saturated heterocycles. The minimum Gasteiger partial charge on any atom is -0.0649 e. The molecule has 25 aliphatic rings. The van der Waals surface area contributed by atoms with E-state index in [9.17, 15) is 0 Å². The van der Waals surface area contributed by atoms with Gasteiger partial charge in [-0.25, -0.2) is 0 Å². The third-order valence-corrected chi connectivity index (χ3v) is 39.8. The lowest BCUT2D eigenvalue weighted by atomic mass is 9.49. The lowest BCUT2D eigenvalue weighted by Crippen LogP contribution is -2.45.